The number of para-hydroxylation sites is 1. The van der Waals surface area contributed by atoms with Gasteiger partial charge < -0.3 is 4.74 Å². The van der Waals surface area contributed by atoms with Crippen LogP contribution in [0.25, 0.3) is 0 Å². The number of nitriles is 1. The van der Waals surface area contributed by atoms with Crippen LogP contribution in [0.5, 0.6) is 11.5 Å². The zero-order valence-corrected chi connectivity index (χ0v) is 11.4. The normalized spacial score (nSPS) is 9.71. The molecule has 0 radical (unpaired) electrons. The number of aryl methyl sites for hydroxylation is 1. The molecular weight excluding hydrogens is 325 g/mol. The van der Waals surface area contributed by atoms with Crippen molar-refractivity contribution < 1.29 is 4.74 Å². The smallest absolute Gasteiger partial charge is 0.148 e. The maximum atomic E-state index is 9.04. The van der Waals surface area contributed by atoms with Gasteiger partial charge in [0.25, 0.3) is 0 Å². The number of benzene rings is 2. The van der Waals surface area contributed by atoms with Gasteiger partial charge in [0.15, 0.2) is 0 Å². The fourth-order valence-electron chi connectivity index (χ4n) is 1.52. The van der Waals surface area contributed by atoms with Crippen LogP contribution in [-0.2, 0) is 0 Å². The van der Waals surface area contributed by atoms with Crippen molar-refractivity contribution >= 4 is 22.6 Å². The van der Waals surface area contributed by atoms with Gasteiger partial charge in [-0.2, -0.15) is 5.26 Å². The summed E-state index contributed by atoms with van der Waals surface area (Å²) in [4.78, 5) is 0. The lowest BCUT2D eigenvalue weighted by molar-refractivity contribution is 0.477. The summed E-state index contributed by atoms with van der Waals surface area (Å²) in [5, 5.41) is 9.04. The Hall–Kier alpha value is -1.54. The van der Waals surface area contributed by atoms with Crippen molar-refractivity contribution in [3.8, 4) is 17.6 Å². The van der Waals surface area contributed by atoms with Gasteiger partial charge in [0, 0.05) is 3.57 Å². The van der Waals surface area contributed by atoms with Gasteiger partial charge in [-0.05, 0) is 59.3 Å². The van der Waals surface area contributed by atoms with Crippen LogP contribution in [0.15, 0.2) is 42.5 Å². The molecule has 2 rings (SSSR count). The van der Waals surface area contributed by atoms with Gasteiger partial charge in [0.1, 0.15) is 17.6 Å². The lowest BCUT2D eigenvalue weighted by atomic mass is 10.1. The van der Waals surface area contributed by atoms with Crippen LogP contribution in [0.1, 0.15) is 11.1 Å². The average Bonchev–Trinajstić information content (AvgIpc) is 2.32. The summed E-state index contributed by atoms with van der Waals surface area (Å²) in [5.41, 5.74) is 1.52. The number of ether oxygens (including phenoxy) is 1. The summed E-state index contributed by atoms with van der Waals surface area (Å²) < 4.78 is 6.89. The number of nitrogens with zero attached hydrogens (tertiary/aromatic N) is 1. The van der Waals surface area contributed by atoms with Gasteiger partial charge >= 0.3 is 0 Å². The van der Waals surface area contributed by atoms with Crippen LogP contribution in [0.2, 0.25) is 0 Å². The molecule has 2 nitrogen and oxygen atoms in total. The Morgan fingerprint density at radius 3 is 2.65 bits per heavy atom. The molecule has 17 heavy (non-hydrogen) atoms. The van der Waals surface area contributed by atoms with E-state index >= 15 is 0 Å². The van der Waals surface area contributed by atoms with Gasteiger partial charge in [-0.15, -0.1) is 0 Å². The summed E-state index contributed by atoms with van der Waals surface area (Å²) >= 11 is 2.23. The Labute approximate surface area is 114 Å². The van der Waals surface area contributed by atoms with Gasteiger partial charge in [-0.1, -0.05) is 18.2 Å². The van der Waals surface area contributed by atoms with Crippen LogP contribution >= 0.6 is 22.6 Å². The molecule has 0 amide bonds. The molecule has 0 N–H and O–H groups in total. The first-order chi connectivity index (χ1) is 8.20. The molecule has 0 aliphatic carbocycles. The second-order valence-corrected chi connectivity index (χ2v) is 4.87. The van der Waals surface area contributed by atoms with E-state index in [1.165, 1.54) is 0 Å². The molecular formula is C14H10INO. The molecule has 0 heterocycles. The Balaban J connectivity index is 2.40. The Kier molecular flexibility index (Phi) is 3.64. The Morgan fingerprint density at radius 1 is 1.18 bits per heavy atom. The predicted octanol–water partition coefficient (Wildman–Crippen LogP) is 4.26. The van der Waals surface area contributed by atoms with E-state index in [4.69, 9.17) is 10.00 Å². The van der Waals surface area contributed by atoms with Crippen LogP contribution in [-0.4, -0.2) is 0 Å². The molecule has 0 saturated carbocycles. The van der Waals surface area contributed by atoms with Crippen molar-refractivity contribution in [2.75, 3.05) is 0 Å². The first-order valence-electron chi connectivity index (χ1n) is 5.14. The van der Waals surface area contributed by atoms with E-state index in [1.54, 1.807) is 6.07 Å². The van der Waals surface area contributed by atoms with E-state index < -0.39 is 0 Å². The highest BCUT2D eigenvalue weighted by atomic mass is 127. The van der Waals surface area contributed by atoms with Gasteiger partial charge in [0.2, 0.25) is 0 Å². The lowest BCUT2D eigenvalue weighted by Crippen LogP contribution is -1.91. The van der Waals surface area contributed by atoms with Gasteiger partial charge in [-0.25, -0.2) is 0 Å². The van der Waals surface area contributed by atoms with Gasteiger partial charge in [0.05, 0.1) is 5.56 Å². The second kappa shape index (κ2) is 5.19. The molecule has 0 bridgehead atoms. The highest BCUT2D eigenvalue weighted by Crippen LogP contribution is 2.29. The van der Waals surface area contributed by atoms with E-state index in [1.807, 2.05) is 43.3 Å². The van der Waals surface area contributed by atoms with E-state index in [0.29, 0.717) is 11.3 Å². The van der Waals surface area contributed by atoms with Crippen molar-refractivity contribution in [2.45, 2.75) is 6.92 Å². The maximum absolute atomic E-state index is 9.04. The molecule has 0 atom stereocenters. The third-order valence-corrected chi connectivity index (χ3v) is 3.02. The molecule has 0 aromatic heterocycles. The SMILES string of the molecule is Cc1cccc(C#N)c1Oc1cccc(I)c1. The summed E-state index contributed by atoms with van der Waals surface area (Å²) in [7, 11) is 0. The zero-order valence-electron chi connectivity index (χ0n) is 9.27. The molecule has 2 aromatic carbocycles. The standard InChI is InChI=1S/C14H10INO/c1-10-4-2-5-11(9-16)14(10)17-13-7-3-6-12(15)8-13/h2-8H,1H3. The number of hydrogen-bond acceptors (Lipinski definition) is 2. The molecule has 0 aliphatic rings. The number of rotatable bonds is 2. The maximum Gasteiger partial charge on any atom is 0.148 e. The van der Waals surface area contributed by atoms with Crippen LogP contribution in [0.4, 0.5) is 0 Å². The Morgan fingerprint density at radius 2 is 1.94 bits per heavy atom. The molecule has 0 aliphatic heterocycles. The summed E-state index contributed by atoms with van der Waals surface area (Å²) in [6, 6.07) is 15.4. The molecule has 0 spiro atoms. The first kappa shape index (κ1) is 11.9. The van der Waals surface area contributed by atoms with Crippen molar-refractivity contribution in [3.05, 3.63) is 57.2 Å². The fourth-order valence-corrected chi connectivity index (χ4v) is 2.04. The van der Waals surface area contributed by atoms with E-state index in [9.17, 15) is 0 Å². The lowest BCUT2D eigenvalue weighted by Gasteiger charge is -2.10. The van der Waals surface area contributed by atoms with Crippen molar-refractivity contribution in [1.29, 1.82) is 5.26 Å². The highest BCUT2D eigenvalue weighted by Gasteiger charge is 2.07. The second-order valence-electron chi connectivity index (χ2n) is 3.62. The first-order valence-corrected chi connectivity index (χ1v) is 6.21. The molecule has 2 aromatic rings. The molecule has 0 fully saturated rings. The molecule has 84 valence electrons. The fraction of sp³-hybridized carbons (Fsp3) is 0.0714. The minimum Gasteiger partial charge on any atom is -0.456 e. The summed E-state index contributed by atoms with van der Waals surface area (Å²) in [6.45, 7) is 1.93. The minimum atomic E-state index is 0.559. The summed E-state index contributed by atoms with van der Waals surface area (Å²) in [6.07, 6.45) is 0. The third-order valence-electron chi connectivity index (χ3n) is 2.35. The van der Waals surface area contributed by atoms with Crippen LogP contribution in [0, 0.1) is 21.8 Å². The zero-order chi connectivity index (χ0) is 12.3. The third kappa shape index (κ3) is 2.77. The van der Waals surface area contributed by atoms with Crippen LogP contribution < -0.4 is 4.74 Å². The Bertz CT molecular complexity index is 587. The van der Waals surface area contributed by atoms with Crippen molar-refractivity contribution in [1.82, 2.24) is 0 Å². The number of halogens is 1. The largest absolute Gasteiger partial charge is 0.456 e. The average molecular weight is 335 g/mol. The monoisotopic (exact) mass is 335 g/mol. The van der Waals surface area contributed by atoms with Crippen LogP contribution in [0.3, 0.4) is 0 Å². The van der Waals surface area contributed by atoms with Gasteiger partial charge in [-0.3, -0.25) is 0 Å². The van der Waals surface area contributed by atoms with E-state index in [0.717, 1.165) is 14.9 Å². The van der Waals surface area contributed by atoms with Crippen molar-refractivity contribution in [2.24, 2.45) is 0 Å². The highest BCUT2D eigenvalue weighted by molar-refractivity contribution is 14.1. The molecule has 0 unspecified atom stereocenters. The van der Waals surface area contributed by atoms with E-state index in [-0.39, 0.29) is 0 Å². The molecule has 3 heteroatoms. The summed E-state index contributed by atoms with van der Waals surface area (Å²) in [5.74, 6) is 1.39. The number of hydrogen-bond donors (Lipinski definition) is 0. The minimum absolute atomic E-state index is 0.559. The van der Waals surface area contributed by atoms with E-state index in [2.05, 4.69) is 28.7 Å². The quantitative estimate of drug-likeness (QED) is 0.768. The predicted molar refractivity (Wildman–Crippen MR) is 75.1 cm³/mol. The molecule has 0 saturated heterocycles. The van der Waals surface area contributed by atoms with Crippen molar-refractivity contribution in [3.63, 3.8) is 0 Å². The topological polar surface area (TPSA) is 33.0 Å².